The highest BCUT2D eigenvalue weighted by Crippen LogP contribution is 2.27. The van der Waals surface area contributed by atoms with Crippen molar-refractivity contribution in [3.63, 3.8) is 0 Å². The molecule has 134 valence electrons. The number of amides is 1. The maximum absolute atomic E-state index is 12.0. The average molecular weight is 342 g/mol. The van der Waals surface area contributed by atoms with Gasteiger partial charge in [0.15, 0.2) is 11.5 Å². The van der Waals surface area contributed by atoms with E-state index in [1.165, 1.54) is 5.56 Å². The van der Waals surface area contributed by atoms with Gasteiger partial charge in [0.2, 0.25) is 5.91 Å². The summed E-state index contributed by atoms with van der Waals surface area (Å²) in [6.45, 7) is 4.92. The van der Waals surface area contributed by atoms with Gasteiger partial charge in [-0.05, 0) is 49.6 Å². The van der Waals surface area contributed by atoms with E-state index in [4.69, 9.17) is 9.47 Å². The maximum Gasteiger partial charge on any atom is 0.239 e. The normalized spacial score (nSPS) is 10.2. The van der Waals surface area contributed by atoms with Gasteiger partial charge in [-0.2, -0.15) is 0 Å². The molecule has 2 aromatic carbocycles. The molecule has 0 aliphatic rings. The molecular formula is C20H26N2O3. The predicted molar refractivity (Wildman–Crippen MR) is 101 cm³/mol. The summed E-state index contributed by atoms with van der Waals surface area (Å²) in [5.74, 6) is 1.37. The molecule has 0 aliphatic heterocycles. The van der Waals surface area contributed by atoms with E-state index in [0.717, 1.165) is 23.2 Å². The first-order valence-electron chi connectivity index (χ1n) is 8.32. The molecule has 2 aromatic rings. The van der Waals surface area contributed by atoms with Gasteiger partial charge in [0.1, 0.15) is 0 Å². The Morgan fingerprint density at radius 1 is 1.00 bits per heavy atom. The van der Waals surface area contributed by atoms with Crippen molar-refractivity contribution in [1.82, 2.24) is 5.32 Å². The number of benzene rings is 2. The number of rotatable bonds is 8. The fourth-order valence-corrected chi connectivity index (χ4v) is 2.63. The van der Waals surface area contributed by atoms with Crippen LogP contribution >= 0.6 is 0 Å². The van der Waals surface area contributed by atoms with Crippen molar-refractivity contribution in [3.8, 4) is 11.5 Å². The summed E-state index contributed by atoms with van der Waals surface area (Å²) in [6.07, 6.45) is 0.732. The topological polar surface area (TPSA) is 59.6 Å². The number of anilines is 1. The molecule has 5 nitrogen and oxygen atoms in total. The minimum Gasteiger partial charge on any atom is -0.493 e. The lowest BCUT2D eigenvalue weighted by Gasteiger charge is -2.12. The zero-order valence-electron chi connectivity index (χ0n) is 15.3. The van der Waals surface area contributed by atoms with E-state index in [1.807, 2.05) is 37.3 Å². The summed E-state index contributed by atoms with van der Waals surface area (Å²) in [5.41, 5.74) is 4.42. The van der Waals surface area contributed by atoms with Crippen LogP contribution in [-0.2, 0) is 11.2 Å². The molecule has 0 saturated heterocycles. The number of hydrogen-bond donors (Lipinski definition) is 2. The van der Waals surface area contributed by atoms with Crippen LogP contribution in [0.2, 0.25) is 0 Å². The zero-order valence-corrected chi connectivity index (χ0v) is 15.3. The van der Waals surface area contributed by atoms with E-state index >= 15 is 0 Å². The van der Waals surface area contributed by atoms with E-state index < -0.39 is 0 Å². The molecule has 0 aliphatic carbocycles. The summed E-state index contributed by atoms with van der Waals surface area (Å²) in [6, 6.07) is 11.9. The van der Waals surface area contributed by atoms with Gasteiger partial charge in [0, 0.05) is 12.2 Å². The second kappa shape index (κ2) is 8.97. The molecule has 25 heavy (non-hydrogen) atoms. The highest BCUT2D eigenvalue weighted by atomic mass is 16.5. The highest BCUT2D eigenvalue weighted by molar-refractivity contribution is 5.80. The summed E-state index contributed by atoms with van der Waals surface area (Å²) >= 11 is 0. The van der Waals surface area contributed by atoms with Crippen LogP contribution in [-0.4, -0.2) is 33.2 Å². The quantitative estimate of drug-likeness (QED) is 0.774. The van der Waals surface area contributed by atoms with E-state index in [0.29, 0.717) is 18.0 Å². The molecule has 0 fully saturated rings. The average Bonchev–Trinajstić information content (AvgIpc) is 2.60. The van der Waals surface area contributed by atoms with Crippen molar-refractivity contribution in [2.75, 3.05) is 32.6 Å². The number of hydrogen-bond acceptors (Lipinski definition) is 4. The third kappa shape index (κ3) is 5.41. The summed E-state index contributed by atoms with van der Waals surface area (Å²) in [5, 5.41) is 6.10. The standard InChI is InChI=1S/C20H26N2O3/c1-14-5-7-17(15(2)11-14)22-13-20(23)21-10-9-16-6-8-18(24-3)19(12-16)25-4/h5-8,11-12,22H,9-10,13H2,1-4H3,(H,21,23). The molecule has 0 saturated carbocycles. The van der Waals surface area contributed by atoms with Crippen molar-refractivity contribution < 1.29 is 14.3 Å². The molecule has 0 radical (unpaired) electrons. The van der Waals surface area contributed by atoms with Crippen LogP contribution < -0.4 is 20.1 Å². The largest absolute Gasteiger partial charge is 0.493 e. The van der Waals surface area contributed by atoms with E-state index in [2.05, 4.69) is 23.6 Å². The smallest absolute Gasteiger partial charge is 0.239 e. The number of carbonyl (C=O) groups excluding carboxylic acids is 1. The minimum absolute atomic E-state index is 0.0274. The van der Waals surface area contributed by atoms with Gasteiger partial charge in [-0.15, -0.1) is 0 Å². The Labute approximate surface area is 149 Å². The molecule has 0 heterocycles. The van der Waals surface area contributed by atoms with Gasteiger partial charge in [0.05, 0.1) is 20.8 Å². The second-order valence-corrected chi connectivity index (χ2v) is 5.96. The van der Waals surface area contributed by atoms with E-state index in [1.54, 1.807) is 14.2 Å². The number of carbonyl (C=O) groups is 1. The lowest BCUT2D eigenvalue weighted by molar-refractivity contribution is -0.119. The third-order valence-electron chi connectivity index (χ3n) is 4.01. The first kappa shape index (κ1) is 18.6. The lowest BCUT2D eigenvalue weighted by atomic mass is 10.1. The molecule has 2 N–H and O–H groups in total. The van der Waals surface area contributed by atoms with Crippen molar-refractivity contribution in [2.24, 2.45) is 0 Å². The molecule has 0 spiro atoms. The molecule has 0 aromatic heterocycles. The summed E-state index contributed by atoms with van der Waals surface area (Å²) in [4.78, 5) is 12.0. The number of methoxy groups -OCH3 is 2. The lowest BCUT2D eigenvalue weighted by Crippen LogP contribution is -2.31. The number of nitrogens with one attached hydrogen (secondary N) is 2. The Morgan fingerprint density at radius 2 is 1.76 bits per heavy atom. The molecule has 0 atom stereocenters. The van der Waals surface area contributed by atoms with Crippen molar-refractivity contribution in [1.29, 1.82) is 0 Å². The predicted octanol–water partition coefficient (Wildman–Crippen LogP) is 3.09. The van der Waals surface area contributed by atoms with Crippen molar-refractivity contribution >= 4 is 11.6 Å². The summed E-state index contributed by atoms with van der Waals surface area (Å²) in [7, 11) is 3.22. The molecule has 2 rings (SSSR count). The van der Waals surface area contributed by atoms with Crippen LogP contribution in [0.1, 0.15) is 16.7 Å². The van der Waals surface area contributed by atoms with E-state index in [-0.39, 0.29) is 12.5 Å². The first-order chi connectivity index (χ1) is 12.0. The number of aryl methyl sites for hydroxylation is 2. The van der Waals surface area contributed by atoms with E-state index in [9.17, 15) is 4.79 Å². The van der Waals surface area contributed by atoms with Crippen LogP contribution in [0, 0.1) is 13.8 Å². The zero-order chi connectivity index (χ0) is 18.2. The summed E-state index contributed by atoms with van der Waals surface area (Å²) < 4.78 is 10.5. The molecule has 1 amide bonds. The van der Waals surface area contributed by atoms with Crippen LogP contribution in [0.3, 0.4) is 0 Å². The Morgan fingerprint density at radius 3 is 2.44 bits per heavy atom. The SMILES string of the molecule is COc1ccc(CCNC(=O)CNc2ccc(C)cc2C)cc1OC. The van der Waals surface area contributed by atoms with Gasteiger partial charge in [-0.25, -0.2) is 0 Å². The van der Waals surface area contributed by atoms with Crippen LogP contribution in [0.4, 0.5) is 5.69 Å². The highest BCUT2D eigenvalue weighted by Gasteiger charge is 2.06. The Bertz CT molecular complexity index is 729. The second-order valence-electron chi connectivity index (χ2n) is 5.96. The monoisotopic (exact) mass is 342 g/mol. The first-order valence-corrected chi connectivity index (χ1v) is 8.32. The Kier molecular flexibility index (Phi) is 6.69. The molecule has 0 bridgehead atoms. The van der Waals surface area contributed by atoms with Crippen molar-refractivity contribution in [2.45, 2.75) is 20.3 Å². The van der Waals surface area contributed by atoms with Crippen molar-refractivity contribution in [3.05, 3.63) is 53.1 Å². The fraction of sp³-hybridized carbons (Fsp3) is 0.350. The molecule has 0 unspecified atom stereocenters. The number of ether oxygens (including phenoxy) is 2. The Balaban J connectivity index is 1.78. The van der Waals surface area contributed by atoms with Gasteiger partial charge in [-0.3, -0.25) is 4.79 Å². The van der Waals surface area contributed by atoms with Gasteiger partial charge < -0.3 is 20.1 Å². The third-order valence-corrected chi connectivity index (χ3v) is 4.01. The minimum atomic E-state index is -0.0274. The maximum atomic E-state index is 12.0. The fourth-order valence-electron chi connectivity index (χ4n) is 2.63. The van der Waals surface area contributed by atoms with Gasteiger partial charge in [0.25, 0.3) is 0 Å². The van der Waals surface area contributed by atoms with Crippen LogP contribution in [0.15, 0.2) is 36.4 Å². The molecular weight excluding hydrogens is 316 g/mol. The van der Waals surface area contributed by atoms with Gasteiger partial charge >= 0.3 is 0 Å². The molecule has 5 heteroatoms. The van der Waals surface area contributed by atoms with Gasteiger partial charge in [-0.1, -0.05) is 23.8 Å². The van der Waals surface area contributed by atoms with Crippen LogP contribution in [0.5, 0.6) is 11.5 Å². The van der Waals surface area contributed by atoms with Crippen LogP contribution in [0.25, 0.3) is 0 Å². The Hall–Kier alpha value is -2.69.